The fourth-order valence-corrected chi connectivity index (χ4v) is 1.35. The maximum Gasteiger partial charge on any atom is 0.137 e. The molecule has 0 aliphatic rings. The van der Waals surface area contributed by atoms with Gasteiger partial charge in [-0.3, -0.25) is 0 Å². The summed E-state index contributed by atoms with van der Waals surface area (Å²) in [6.07, 6.45) is 0.460. The van der Waals surface area contributed by atoms with Crippen LogP contribution in [0.5, 0.6) is 5.75 Å². The number of hydrogen-bond donors (Lipinski definition) is 1. The van der Waals surface area contributed by atoms with Crippen LogP contribution in [0.15, 0.2) is 18.2 Å². The Morgan fingerprint density at radius 2 is 2.21 bits per heavy atom. The van der Waals surface area contributed by atoms with Crippen LogP contribution in [-0.2, 0) is 0 Å². The van der Waals surface area contributed by atoms with E-state index in [2.05, 4.69) is 0 Å². The van der Waals surface area contributed by atoms with Crippen LogP contribution in [0.4, 0.5) is 0 Å². The van der Waals surface area contributed by atoms with Gasteiger partial charge in [0.05, 0.1) is 17.7 Å². The standard InChI is InChI=1S/C11H15ClO2/c1-3-6-14-11-5-4-9(8(2)13)7-10(11)12/h4-5,7-8,13H,3,6H2,1-2H3. The smallest absolute Gasteiger partial charge is 0.137 e. The molecule has 1 aromatic rings. The van der Waals surface area contributed by atoms with Crippen LogP contribution in [0.3, 0.4) is 0 Å². The average Bonchev–Trinajstić information content (AvgIpc) is 2.15. The number of aliphatic hydroxyl groups excluding tert-OH is 1. The summed E-state index contributed by atoms with van der Waals surface area (Å²) in [6, 6.07) is 5.35. The minimum Gasteiger partial charge on any atom is -0.492 e. The molecule has 0 saturated carbocycles. The Hall–Kier alpha value is -0.730. The van der Waals surface area contributed by atoms with Crippen LogP contribution in [0.25, 0.3) is 0 Å². The minimum absolute atomic E-state index is 0.493. The SMILES string of the molecule is CCCOc1ccc(C(C)O)cc1Cl. The molecule has 14 heavy (non-hydrogen) atoms. The van der Waals surface area contributed by atoms with Crippen molar-refractivity contribution in [1.29, 1.82) is 0 Å². The van der Waals surface area contributed by atoms with Crippen molar-refractivity contribution in [2.45, 2.75) is 26.4 Å². The van der Waals surface area contributed by atoms with Crippen LogP contribution in [0, 0.1) is 0 Å². The monoisotopic (exact) mass is 214 g/mol. The molecule has 0 aliphatic carbocycles. The predicted octanol–water partition coefficient (Wildman–Crippen LogP) is 3.18. The minimum atomic E-state index is -0.493. The van der Waals surface area contributed by atoms with Crippen LogP contribution < -0.4 is 4.74 Å². The summed E-state index contributed by atoms with van der Waals surface area (Å²) in [6.45, 7) is 4.41. The Bertz CT molecular complexity index is 297. The number of aliphatic hydroxyl groups is 1. The second-order valence-corrected chi connectivity index (χ2v) is 3.62. The number of hydrogen-bond acceptors (Lipinski definition) is 2. The molecular weight excluding hydrogens is 200 g/mol. The lowest BCUT2D eigenvalue weighted by atomic mass is 10.1. The van der Waals surface area contributed by atoms with Crippen LogP contribution in [-0.4, -0.2) is 11.7 Å². The van der Waals surface area contributed by atoms with Gasteiger partial charge in [0.15, 0.2) is 0 Å². The Morgan fingerprint density at radius 1 is 1.50 bits per heavy atom. The Labute approximate surface area is 89.5 Å². The molecule has 78 valence electrons. The molecule has 0 aliphatic heterocycles. The van der Waals surface area contributed by atoms with E-state index in [0.29, 0.717) is 17.4 Å². The molecule has 0 saturated heterocycles. The molecule has 1 N–H and O–H groups in total. The summed E-state index contributed by atoms with van der Waals surface area (Å²) in [7, 11) is 0. The second kappa shape index (κ2) is 5.23. The average molecular weight is 215 g/mol. The maximum atomic E-state index is 9.32. The van der Waals surface area contributed by atoms with Crippen molar-refractivity contribution in [3.05, 3.63) is 28.8 Å². The quantitative estimate of drug-likeness (QED) is 0.834. The molecule has 1 atom stereocenters. The van der Waals surface area contributed by atoms with Crippen molar-refractivity contribution < 1.29 is 9.84 Å². The molecule has 0 aromatic heterocycles. The van der Waals surface area contributed by atoms with Gasteiger partial charge in [-0.2, -0.15) is 0 Å². The van der Waals surface area contributed by atoms with E-state index < -0.39 is 6.10 Å². The molecule has 0 spiro atoms. The number of benzene rings is 1. The molecular formula is C11H15ClO2. The lowest BCUT2D eigenvalue weighted by Crippen LogP contribution is -1.97. The summed E-state index contributed by atoms with van der Waals surface area (Å²) in [5.41, 5.74) is 0.804. The highest BCUT2D eigenvalue weighted by Gasteiger charge is 2.05. The van der Waals surface area contributed by atoms with Crippen LogP contribution in [0.1, 0.15) is 31.9 Å². The maximum absolute atomic E-state index is 9.32. The van der Waals surface area contributed by atoms with Crippen molar-refractivity contribution in [3.8, 4) is 5.75 Å². The van der Waals surface area contributed by atoms with Gasteiger partial charge in [-0.25, -0.2) is 0 Å². The van der Waals surface area contributed by atoms with E-state index >= 15 is 0 Å². The zero-order chi connectivity index (χ0) is 10.6. The molecule has 0 amide bonds. The number of ether oxygens (including phenoxy) is 1. The van der Waals surface area contributed by atoms with E-state index in [1.807, 2.05) is 13.0 Å². The fourth-order valence-electron chi connectivity index (χ4n) is 1.11. The van der Waals surface area contributed by atoms with E-state index in [1.165, 1.54) is 0 Å². The molecule has 0 radical (unpaired) electrons. The topological polar surface area (TPSA) is 29.5 Å². The highest BCUT2D eigenvalue weighted by atomic mass is 35.5. The highest BCUT2D eigenvalue weighted by Crippen LogP contribution is 2.27. The van der Waals surface area contributed by atoms with Crippen molar-refractivity contribution in [2.75, 3.05) is 6.61 Å². The van der Waals surface area contributed by atoms with Gasteiger partial charge in [0.2, 0.25) is 0 Å². The van der Waals surface area contributed by atoms with Crippen molar-refractivity contribution in [1.82, 2.24) is 0 Å². The zero-order valence-electron chi connectivity index (χ0n) is 8.46. The molecule has 0 bridgehead atoms. The predicted molar refractivity (Wildman–Crippen MR) is 57.9 cm³/mol. The van der Waals surface area contributed by atoms with Gasteiger partial charge in [-0.15, -0.1) is 0 Å². The van der Waals surface area contributed by atoms with Gasteiger partial charge in [0, 0.05) is 0 Å². The first-order valence-electron chi connectivity index (χ1n) is 4.75. The first-order valence-corrected chi connectivity index (χ1v) is 5.13. The van der Waals surface area contributed by atoms with E-state index in [-0.39, 0.29) is 0 Å². The van der Waals surface area contributed by atoms with Crippen molar-refractivity contribution in [2.24, 2.45) is 0 Å². The molecule has 1 aromatic carbocycles. The molecule has 0 heterocycles. The molecule has 2 nitrogen and oxygen atoms in total. The van der Waals surface area contributed by atoms with Crippen molar-refractivity contribution >= 4 is 11.6 Å². The Kier molecular flexibility index (Phi) is 4.23. The summed E-state index contributed by atoms with van der Waals surface area (Å²) < 4.78 is 5.41. The molecule has 0 fully saturated rings. The Morgan fingerprint density at radius 3 is 2.71 bits per heavy atom. The summed E-state index contributed by atoms with van der Waals surface area (Å²) in [4.78, 5) is 0. The van der Waals surface area contributed by atoms with E-state index in [9.17, 15) is 5.11 Å². The van der Waals surface area contributed by atoms with E-state index in [4.69, 9.17) is 16.3 Å². The van der Waals surface area contributed by atoms with Gasteiger partial charge in [0.1, 0.15) is 5.75 Å². The lowest BCUT2D eigenvalue weighted by Gasteiger charge is -2.09. The third-order valence-corrected chi connectivity index (χ3v) is 2.20. The van der Waals surface area contributed by atoms with Crippen LogP contribution in [0.2, 0.25) is 5.02 Å². The zero-order valence-corrected chi connectivity index (χ0v) is 9.21. The molecule has 3 heteroatoms. The normalized spacial score (nSPS) is 12.6. The number of halogens is 1. The second-order valence-electron chi connectivity index (χ2n) is 3.21. The van der Waals surface area contributed by atoms with Gasteiger partial charge in [-0.1, -0.05) is 24.6 Å². The van der Waals surface area contributed by atoms with Crippen molar-refractivity contribution in [3.63, 3.8) is 0 Å². The lowest BCUT2D eigenvalue weighted by molar-refractivity contribution is 0.199. The third kappa shape index (κ3) is 2.89. The summed E-state index contributed by atoms with van der Waals surface area (Å²) in [5, 5.41) is 9.87. The first-order chi connectivity index (χ1) is 6.65. The first kappa shape index (κ1) is 11.3. The van der Waals surface area contributed by atoms with Gasteiger partial charge < -0.3 is 9.84 Å². The fraction of sp³-hybridized carbons (Fsp3) is 0.455. The highest BCUT2D eigenvalue weighted by molar-refractivity contribution is 6.32. The third-order valence-electron chi connectivity index (χ3n) is 1.90. The number of rotatable bonds is 4. The van der Waals surface area contributed by atoms with Crippen LogP contribution >= 0.6 is 11.6 Å². The summed E-state index contributed by atoms with van der Waals surface area (Å²) in [5.74, 6) is 0.679. The molecule has 1 unspecified atom stereocenters. The van der Waals surface area contributed by atoms with E-state index in [0.717, 1.165) is 12.0 Å². The Balaban J connectivity index is 2.79. The van der Waals surface area contributed by atoms with E-state index in [1.54, 1.807) is 19.1 Å². The largest absolute Gasteiger partial charge is 0.492 e. The van der Waals surface area contributed by atoms with Gasteiger partial charge in [0.25, 0.3) is 0 Å². The van der Waals surface area contributed by atoms with Gasteiger partial charge >= 0.3 is 0 Å². The summed E-state index contributed by atoms with van der Waals surface area (Å²) >= 11 is 5.97. The molecule has 1 rings (SSSR count). The van der Waals surface area contributed by atoms with Gasteiger partial charge in [-0.05, 0) is 31.0 Å².